The Balaban J connectivity index is 2.54. The van der Waals surface area contributed by atoms with Gasteiger partial charge >= 0.3 is 0 Å². The zero-order valence-corrected chi connectivity index (χ0v) is 10.0. The van der Waals surface area contributed by atoms with Crippen LogP contribution in [0.4, 0.5) is 5.69 Å². The number of hydrogen-bond acceptors (Lipinski definition) is 2. The summed E-state index contributed by atoms with van der Waals surface area (Å²) in [5.41, 5.74) is 1.55. The van der Waals surface area contributed by atoms with Gasteiger partial charge in [-0.05, 0) is 25.0 Å². The summed E-state index contributed by atoms with van der Waals surface area (Å²) in [6.45, 7) is 0. The Morgan fingerprint density at radius 3 is 2.50 bits per heavy atom. The van der Waals surface area contributed by atoms with E-state index in [1.54, 1.807) is 0 Å². The van der Waals surface area contributed by atoms with Crippen LogP contribution in [-0.2, 0) is 5.60 Å². The minimum Gasteiger partial charge on any atom is -0.385 e. The molecule has 1 aliphatic carbocycles. The van der Waals surface area contributed by atoms with Crippen molar-refractivity contribution >= 4 is 21.6 Å². The highest BCUT2D eigenvalue weighted by Gasteiger charge is 2.45. The van der Waals surface area contributed by atoms with Crippen LogP contribution in [0.3, 0.4) is 0 Å². The number of hydrogen-bond donors (Lipinski definition) is 1. The van der Waals surface area contributed by atoms with Crippen molar-refractivity contribution < 1.29 is 5.11 Å². The van der Waals surface area contributed by atoms with Crippen LogP contribution in [0.5, 0.6) is 0 Å². The van der Waals surface area contributed by atoms with Crippen molar-refractivity contribution in [3.05, 3.63) is 28.2 Å². The molecule has 0 spiro atoms. The average molecular weight is 256 g/mol. The molecule has 0 unspecified atom stereocenters. The maximum Gasteiger partial charge on any atom is 0.0929 e. The van der Waals surface area contributed by atoms with E-state index >= 15 is 0 Å². The Kier molecular flexibility index (Phi) is 2.32. The molecule has 1 saturated carbocycles. The van der Waals surface area contributed by atoms with Gasteiger partial charge in [0.15, 0.2) is 0 Å². The third-order valence-electron chi connectivity index (χ3n) is 2.66. The third-order valence-corrected chi connectivity index (χ3v) is 3.32. The van der Waals surface area contributed by atoms with Crippen LogP contribution < -0.4 is 4.90 Å². The molecule has 2 nitrogen and oxygen atoms in total. The van der Waals surface area contributed by atoms with Crippen LogP contribution in [0, 0.1) is 0 Å². The Morgan fingerprint density at radius 2 is 2.00 bits per heavy atom. The van der Waals surface area contributed by atoms with Crippen LogP contribution in [0.1, 0.15) is 18.4 Å². The van der Waals surface area contributed by atoms with Crippen molar-refractivity contribution in [1.29, 1.82) is 0 Å². The van der Waals surface area contributed by atoms with Gasteiger partial charge < -0.3 is 10.0 Å². The molecule has 3 heteroatoms. The second-order valence-corrected chi connectivity index (χ2v) is 4.91. The van der Waals surface area contributed by atoms with Crippen LogP contribution in [0.2, 0.25) is 0 Å². The number of nitrogens with zero attached hydrogens (tertiary/aromatic N) is 1. The predicted octanol–water partition coefficient (Wildman–Crippen LogP) is 2.50. The summed E-state index contributed by atoms with van der Waals surface area (Å²) in [5.74, 6) is 0. The first-order valence-electron chi connectivity index (χ1n) is 4.73. The Morgan fingerprint density at radius 1 is 1.36 bits per heavy atom. The van der Waals surface area contributed by atoms with Gasteiger partial charge in [0.2, 0.25) is 0 Å². The summed E-state index contributed by atoms with van der Waals surface area (Å²) in [7, 11) is 3.99. The van der Waals surface area contributed by atoms with E-state index in [0.29, 0.717) is 0 Å². The first-order valence-corrected chi connectivity index (χ1v) is 5.52. The highest BCUT2D eigenvalue weighted by molar-refractivity contribution is 9.10. The highest BCUT2D eigenvalue weighted by atomic mass is 79.9. The largest absolute Gasteiger partial charge is 0.385 e. The number of aliphatic hydroxyl groups is 1. The summed E-state index contributed by atoms with van der Waals surface area (Å²) < 4.78 is 1.00. The van der Waals surface area contributed by atoms with Gasteiger partial charge in [0.1, 0.15) is 0 Å². The van der Waals surface area contributed by atoms with Crippen molar-refractivity contribution in [2.75, 3.05) is 19.0 Å². The summed E-state index contributed by atoms with van der Waals surface area (Å²) in [5, 5.41) is 10.2. The molecule has 1 N–H and O–H groups in total. The maximum absolute atomic E-state index is 10.2. The number of halogens is 1. The summed E-state index contributed by atoms with van der Waals surface area (Å²) in [6.07, 6.45) is 1.74. The molecule has 0 amide bonds. The van der Waals surface area contributed by atoms with Crippen LogP contribution in [0.15, 0.2) is 22.7 Å². The Labute approximate surface area is 92.7 Å². The van der Waals surface area contributed by atoms with E-state index in [4.69, 9.17) is 0 Å². The summed E-state index contributed by atoms with van der Waals surface area (Å²) in [4.78, 5) is 2.04. The SMILES string of the molecule is CN(C)c1cccc(Br)c1C1(O)CC1. The molecule has 0 atom stereocenters. The fourth-order valence-corrected chi connectivity index (χ4v) is 2.44. The molecular formula is C11H14BrNO. The van der Waals surface area contributed by atoms with Gasteiger partial charge in [-0.25, -0.2) is 0 Å². The first-order chi connectivity index (χ1) is 6.54. The van der Waals surface area contributed by atoms with E-state index in [0.717, 1.165) is 28.6 Å². The van der Waals surface area contributed by atoms with E-state index in [9.17, 15) is 5.11 Å². The number of anilines is 1. The lowest BCUT2D eigenvalue weighted by Gasteiger charge is -2.21. The smallest absolute Gasteiger partial charge is 0.0929 e. The minimum atomic E-state index is -0.584. The topological polar surface area (TPSA) is 23.5 Å². The molecule has 76 valence electrons. The van der Waals surface area contributed by atoms with Crippen LogP contribution in [0.25, 0.3) is 0 Å². The fourth-order valence-electron chi connectivity index (χ4n) is 1.71. The Hall–Kier alpha value is -0.540. The second kappa shape index (κ2) is 3.24. The van der Waals surface area contributed by atoms with E-state index in [-0.39, 0.29) is 0 Å². The van der Waals surface area contributed by atoms with Crippen molar-refractivity contribution in [2.24, 2.45) is 0 Å². The van der Waals surface area contributed by atoms with Crippen LogP contribution in [-0.4, -0.2) is 19.2 Å². The van der Waals surface area contributed by atoms with Crippen molar-refractivity contribution in [1.82, 2.24) is 0 Å². The highest BCUT2D eigenvalue weighted by Crippen LogP contribution is 2.51. The van der Waals surface area contributed by atoms with E-state index < -0.39 is 5.60 Å². The Bertz CT molecular complexity index is 358. The summed E-state index contributed by atoms with van der Waals surface area (Å²) >= 11 is 3.50. The molecule has 2 rings (SSSR count). The van der Waals surface area contributed by atoms with Crippen molar-refractivity contribution in [3.8, 4) is 0 Å². The van der Waals surface area contributed by atoms with Gasteiger partial charge in [-0.15, -0.1) is 0 Å². The molecule has 0 saturated heterocycles. The van der Waals surface area contributed by atoms with Gasteiger partial charge in [0.05, 0.1) is 5.60 Å². The molecule has 0 aliphatic heterocycles. The van der Waals surface area contributed by atoms with Crippen molar-refractivity contribution in [2.45, 2.75) is 18.4 Å². The lowest BCUT2D eigenvalue weighted by Crippen LogP contribution is -2.16. The van der Waals surface area contributed by atoms with E-state index in [2.05, 4.69) is 15.9 Å². The fraction of sp³-hybridized carbons (Fsp3) is 0.455. The zero-order valence-electron chi connectivity index (χ0n) is 8.42. The normalized spacial score (nSPS) is 18.0. The third kappa shape index (κ3) is 1.55. The average Bonchev–Trinajstić information content (AvgIpc) is 2.84. The molecule has 14 heavy (non-hydrogen) atoms. The maximum atomic E-state index is 10.2. The van der Waals surface area contributed by atoms with Gasteiger partial charge in [-0.1, -0.05) is 22.0 Å². The number of benzene rings is 1. The molecule has 0 bridgehead atoms. The second-order valence-electron chi connectivity index (χ2n) is 4.06. The molecule has 0 aromatic heterocycles. The standard InChI is InChI=1S/C11H14BrNO/c1-13(2)9-5-3-4-8(12)10(9)11(14)6-7-11/h3-5,14H,6-7H2,1-2H3. The predicted molar refractivity (Wildman–Crippen MR) is 61.6 cm³/mol. The van der Waals surface area contributed by atoms with Gasteiger partial charge in [0.25, 0.3) is 0 Å². The minimum absolute atomic E-state index is 0.584. The van der Waals surface area contributed by atoms with Crippen molar-refractivity contribution in [3.63, 3.8) is 0 Å². The van der Waals surface area contributed by atoms with Gasteiger partial charge in [-0.3, -0.25) is 0 Å². The van der Waals surface area contributed by atoms with Gasteiger partial charge in [0, 0.05) is 29.8 Å². The molecule has 1 aliphatic rings. The molecule has 1 fully saturated rings. The molecular weight excluding hydrogens is 242 g/mol. The molecule has 1 aromatic rings. The monoisotopic (exact) mass is 255 g/mol. The lowest BCUT2D eigenvalue weighted by molar-refractivity contribution is 0.151. The molecule has 0 heterocycles. The molecule has 1 aromatic carbocycles. The number of rotatable bonds is 2. The summed E-state index contributed by atoms with van der Waals surface area (Å²) in [6, 6.07) is 6.02. The van der Waals surface area contributed by atoms with E-state index in [1.807, 2.05) is 37.2 Å². The first kappa shape index (κ1) is 9.99. The quantitative estimate of drug-likeness (QED) is 0.878. The zero-order chi connectivity index (χ0) is 10.3. The van der Waals surface area contributed by atoms with Crippen LogP contribution >= 0.6 is 15.9 Å². The van der Waals surface area contributed by atoms with E-state index in [1.165, 1.54) is 0 Å². The molecule has 0 radical (unpaired) electrons. The van der Waals surface area contributed by atoms with Gasteiger partial charge in [-0.2, -0.15) is 0 Å². The lowest BCUT2D eigenvalue weighted by atomic mass is 10.0.